The fourth-order valence-corrected chi connectivity index (χ4v) is 4.48. The highest BCUT2D eigenvalue weighted by Crippen LogP contribution is 2.25. The minimum atomic E-state index is -0.326. The first-order valence-electron chi connectivity index (χ1n) is 10.1. The van der Waals surface area contributed by atoms with Gasteiger partial charge in [0.1, 0.15) is 11.5 Å². The molecular formula is C21H27FN4O2. The molecule has 2 aliphatic rings. The maximum atomic E-state index is 14.0. The molecule has 2 atom stereocenters. The van der Waals surface area contributed by atoms with Gasteiger partial charge >= 0.3 is 0 Å². The highest BCUT2D eigenvalue weighted by atomic mass is 19.1. The molecular weight excluding hydrogens is 359 g/mol. The van der Waals surface area contributed by atoms with E-state index >= 15 is 0 Å². The van der Waals surface area contributed by atoms with Crippen LogP contribution in [0.15, 0.2) is 18.2 Å². The van der Waals surface area contributed by atoms with Gasteiger partial charge in [-0.05, 0) is 56.7 Å². The third-order valence-corrected chi connectivity index (χ3v) is 5.98. The maximum Gasteiger partial charge on any atom is 0.267 e. The van der Waals surface area contributed by atoms with Gasteiger partial charge in [0.05, 0.1) is 12.1 Å². The Balaban J connectivity index is 1.43. The molecule has 2 fully saturated rings. The third-order valence-electron chi connectivity index (χ3n) is 5.98. The Morgan fingerprint density at radius 2 is 2.14 bits per heavy atom. The van der Waals surface area contributed by atoms with E-state index in [0.717, 1.165) is 50.8 Å². The summed E-state index contributed by atoms with van der Waals surface area (Å²) in [5.74, 6) is -0.443. The highest BCUT2D eigenvalue weighted by Gasteiger charge is 2.30. The monoisotopic (exact) mass is 386 g/mol. The maximum absolute atomic E-state index is 14.0. The second kappa shape index (κ2) is 7.91. The molecule has 0 unspecified atom stereocenters. The molecule has 1 aromatic heterocycles. The lowest BCUT2D eigenvalue weighted by molar-refractivity contribution is -0.122. The number of amides is 2. The zero-order chi connectivity index (χ0) is 19.7. The molecule has 7 heteroatoms. The third kappa shape index (κ3) is 3.90. The number of H-pyrrole nitrogens is 1. The first-order valence-corrected chi connectivity index (χ1v) is 10.1. The number of nitrogens with zero attached hydrogens (tertiary/aromatic N) is 1. The van der Waals surface area contributed by atoms with Crippen LogP contribution >= 0.6 is 0 Å². The van der Waals surface area contributed by atoms with Crippen LogP contribution in [0.5, 0.6) is 0 Å². The summed E-state index contributed by atoms with van der Waals surface area (Å²) < 4.78 is 14.0. The van der Waals surface area contributed by atoms with Crippen molar-refractivity contribution < 1.29 is 14.0 Å². The van der Waals surface area contributed by atoms with Crippen LogP contribution in [-0.2, 0) is 4.79 Å². The molecule has 2 amide bonds. The van der Waals surface area contributed by atoms with E-state index in [1.54, 1.807) is 12.1 Å². The lowest BCUT2D eigenvalue weighted by Crippen LogP contribution is -2.47. The molecule has 6 nitrogen and oxygen atoms in total. The summed E-state index contributed by atoms with van der Waals surface area (Å²) in [6.45, 7) is 3.97. The molecule has 2 aromatic rings. The van der Waals surface area contributed by atoms with E-state index in [0.29, 0.717) is 29.2 Å². The van der Waals surface area contributed by atoms with Gasteiger partial charge in [0, 0.05) is 30.6 Å². The van der Waals surface area contributed by atoms with Crippen molar-refractivity contribution in [3.8, 4) is 0 Å². The number of aryl methyl sites for hydroxylation is 1. The summed E-state index contributed by atoms with van der Waals surface area (Å²) in [4.78, 5) is 29.9. The Labute approximate surface area is 163 Å². The van der Waals surface area contributed by atoms with E-state index in [1.807, 2.05) is 6.92 Å². The van der Waals surface area contributed by atoms with Crippen molar-refractivity contribution in [2.75, 3.05) is 19.6 Å². The first-order chi connectivity index (χ1) is 13.5. The normalized spacial score (nSPS) is 24.0. The second-order valence-electron chi connectivity index (χ2n) is 8.00. The summed E-state index contributed by atoms with van der Waals surface area (Å²) in [5.41, 5.74) is 1.97. The first kappa shape index (κ1) is 18.9. The molecule has 1 aromatic carbocycles. The van der Waals surface area contributed by atoms with Gasteiger partial charge in [-0.25, -0.2) is 4.39 Å². The summed E-state index contributed by atoms with van der Waals surface area (Å²) in [5, 5.41) is 6.47. The summed E-state index contributed by atoms with van der Waals surface area (Å²) >= 11 is 0. The average Bonchev–Trinajstić information content (AvgIpc) is 3.03. The fourth-order valence-electron chi connectivity index (χ4n) is 4.48. The van der Waals surface area contributed by atoms with Gasteiger partial charge in [-0.15, -0.1) is 0 Å². The van der Waals surface area contributed by atoms with Crippen molar-refractivity contribution in [1.29, 1.82) is 0 Å². The lowest BCUT2D eigenvalue weighted by atomic mass is 9.89. The van der Waals surface area contributed by atoms with Crippen LogP contribution in [0.25, 0.3) is 10.9 Å². The molecule has 0 spiro atoms. The van der Waals surface area contributed by atoms with Crippen LogP contribution in [0.3, 0.4) is 0 Å². The number of nitrogens with one attached hydrogen (secondary N) is 3. The van der Waals surface area contributed by atoms with Crippen LogP contribution in [0.4, 0.5) is 4.39 Å². The molecule has 1 aliphatic heterocycles. The Morgan fingerprint density at radius 1 is 1.29 bits per heavy atom. The number of fused-ring (bicyclic) bond motifs is 1. The van der Waals surface area contributed by atoms with E-state index in [9.17, 15) is 14.0 Å². The quantitative estimate of drug-likeness (QED) is 0.758. The van der Waals surface area contributed by atoms with Gasteiger partial charge in [-0.3, -0.25) is 14.5 Å². The SMILES string of the molecule is Cc1ccc(F)c2cc(C(=O)N[C@@H]3CCC[C@@H](N4CCCNC(=O)C4)C3)[nH]c12. The summed E-state index contributed by atoms with van der Waals surface area (Å²) in [6.07, 6.45) is 4.80. The molecule has 0 radical (unpaired) electrons. The van der Waals surface area contributed by atoms with Gasteiger partial charge in [0.2, 0.25) is 5.91 Å². The average molecular weight is 386 g/mol. The zero-order valence-electron chi connectivity index (χ0n) is 16.2. The van der Waals surface area contributed by atoms with Crippen LogP contribution < -0.4 is 10.6 Å². The van der Waals surface area contributed by atoms with Crippen molar-refractivity contribution in [2.45, 2.75) is 51.1 Å². The van der Waals surface area contributed by atoms with Gasteiger partial charge in [-0.2, -0.15) is 0 Å². The standard InChI is InChI=1S/C21H27FN4O2/c1-13-6-7-17(22)16-11-18(25-20(13)16)21(28)24-14-4-2-5-15(10-14)26-9-3-8-23-19(27)12-26/h6-7,11,14-15,25H,2-5,8-10,12H2,1H3,(H,23,27)(H,24,28)/t14-,15-/m1/s1. The number of carbonyl (C=O) groups is 2. The van der Waals surface area contributed by atoms with Crippen molar-refractivity contribution in [1.82, 2.24) is 20.5 Å². The van der Waals surface area contributed by atoms with E-state index in [1.165, 1.54) is 6.07 Å². The van der Waals surface area contributed by atoms with Gasteiger partial charge in [0.25, 0.3) is 5.91 Å². The lowest BCUT2D eigenvalue weighted by Gasteiger charge is -2.36. The van der Waals surface area contributed by atoms with Crippen molar-refractivity contribution in [3.63, 3.8) is 0 Å². The van der Waals surface area contributed by atoms with Crippen LogP contribution in [0, 0.1) is 12.7 Å². The van der Waals surface area contributed by atoms with Crippen LogP contribution in [0.2, 0.25) is 0 Å². The number of rotatable bonds is 3. The topological polar surface area (TPSA) is 77.2 Å². The number of benzene rings is 1. The van der Waals surface area contributed by atoms with E-state index < -0.39 is 0 Å². The summed E-state index contributed by atoms with van der Waals surface area (Å²) in [6, 6.07) is 5.10. The molecule has 4 rings (SSSR count). The molecule has 0 bridgehead atoms. The number of hydrogen-bond donors (Lipinski definition) is 3. The van der Waals surface area contributed by atoms with Crippen LogP contribution in [-0.4, -0.2) is 53.4 Å². The van der Waals surface area contributed by atoms with Gasteiger partial charge < -0.3 is 15.6 Å². The van der Waals surface area contributed by atoms with Crippen molar-refractivity contribution in [3.05, 3.63) is 35.3 Å². The van der Waals surface area contributed by atoms with Crippen molar-refractivity contribution in [2.24, 2.45) is 0 Å². The predicted molar refractivity (Wildman–Crippen MR) is 106 cm³/mol. The number of aromatic amines is 1. The highest BCUT2D eigenvalue weighted by molar-refractivity contribution is 5.99. The molecule has 28 heavy (non-hydrogen) atoms. The summed E-state index contributed by atoms with van der Waals surface area (Å²) in [7, 11) is 0. The predicted octanol–water partition coefficient (Wildman–Crippen LogP) is 2.48. The number of hydrogen-bond acceptors (Lipinski definition) is 3. The number of carbonyl (C=O) groups excluding carboxylic acids is 2. The smallest absolute Gasteiger partial charge is 0.267 e. The Bertz CT molecular complexity index is 855. The molecule has 1 saturated heterocycles. The molecule has 1 saturated carbocycles. The molecule has 1 aliphatic carbocycles. The Kier molecular flexibility index (Phi) is 5.35. The van der Waals surface area contributed by atoms with Gasteiger partial charge in [0.15, 0.2) is 0 Å². The van der Waals surface area contributed by atoms with Crippen LogP contribution in [0.1, 0.15) is 48.2 Å². The van der Waals surface area contributed by atoms with E-state index in [-0.39, 0.29) is 23.7 Å². The number of halogens is 1. The van der Waals surface area contributed by atoms with Crippen molar-refractivity contribution >= 4 is 22.7 Å². The largest absolute Gasteiger partial charge is 0.355 e. The molecule has 3 N–H and O–H groups in total. The zero-order valence-corrected chi connectivity index (χ0v) is 16.2. The fraction of sp³-hybridized carbons (Fsp3) is 0.524. The van der Waals surface area contributed by atoms with E-state index in [4.69, 9.17) is 0 Å². The molecule has 2 heterocycles. The minimum Gasteiger partial charge on any atom is -0.355 e. The molecule has 150 valence electrons. The Hall–Kier alpha value is -2.41. The van der Waals surface area contributed by atoms with Gasteiger partial charge in [-0.1, -0.05) is 6.07 Å². The minimum absolute atomic E-state index is 0.0647. The second-order valence-corrected chi connectivity index (χ2v) is 8.00. The van der Waals surface area contributed by atoms with E-state index in [2.05, 4.69) is 20.5 Å². The Morgan fingerprint density at radius 3 is 2.96 bits per heavy atom. The number of aromatic nitrogens is 1.